The lowest BCUT2D eigenvalue weighted by atomic mass is 10.2. The van der Waals surface area contributed by atoms with Crippen molar-refractivity contribution in [2.75, 3.05) is 18.8 Å². The molecule has 0 bridgehead atoms. The van der Waals surface area contributed by atoms with Gasteiger partial charge in [0.2, 0.25) is 11.8 Å². The lowest BCUT2D eigenvalue weighted by Gasteiger charge is -2.31. The predicted octanol–water partition coefficient (Wildman–Crippen LogP) is 3.05. The zero-order chi connectivity index (χ0) is 17.3. The van der Waals surface area contributed by atoms with Crippen LogP contribution in [0.5, 0.6) is 0 Å². The molecule has 24 heavy (non-hydrogen) atoms. The van der Waals surface area contributed by atoms with E-state index in [-0.39, 0.29) is 35.0 Å². The van der Waals surface area contributed by atoms with Gasteiger partial charge in [0.15, 0.2) is 0 Å². The molecule has 2 aliphatic rings. The molecule has 4 nitrogen and oxygen atoms in total. The Labute approximate surface area is 146 Å². The second-order valence-electron chi connectivity index (χ2n) is 6.67. The number of hydrogen-bond acceptors (Lipinski definition) is 3. The molecular weight excluding hydrogens is 327 g/mol. The molecule has 1 atom stereocenters. The number of hydrogen-bond donors (Lipinski definition) is 0. The Morgan fingerprint density at radius 2 is 2.08 bits per heavy atom. The van der Waals surface area contributed by atoms with E-state index in [1.807, 2.05) is 18.7 Å². The van der Waals surface area contributed by atoms with Crippen molar-refractivity contribution in [1.82, 2.24) is 9.80 Å². The van der Waals surface area contributed by atoms with E-state index in [1.165, 1.54) is 17.8 Å². The van der Waals surface area contributed by atoms with Crippen LogP contribution in [0.25, 0.3) is 0 Å². The largest absolute Gasteiger partial charge is 0.338 e. The van der Waals surface area contributed by atoms with E-state index < -0.39 is 0 Å². The Bertz CT molecular complexity index is 633. The van der Waals surface area contributed by atoms with Crippen molar-refractivity contribution >= 4 is 23.6 Å². The zero-order valence-corrected chi connectivity index (χ0v) is 14.9. The van der Waals surface area contributed by atoms with E-state index >= 15 is 0 Å². The fraction of sp³-hybridized carbons (Fsp3) is 0.556. The zero-order valence-electron chi connectivity index (χ0n) is 14.1. The summed E-state index contributed by atoms with van der Waals surface area (Å²) in [6, 6.07) is 6.70. The first-order valence-corrected chi connectivity index (χ1v) is 9.50. The summed E-state index contributed by atoms with van der Waals surface area (Å²) in [6.07, 6.45) is 1.94. The molecule has 2 fully saturated rings. The van der Waals surface area contributed by atoms with Crippen LogP contribution in [-0.4, -0.2) is 46.5 Å². The van der Waals surface area contributed by atoms with Crippen LogP contribution in [0.1, 0.15) is 37.6 Å². The molecule has 1 aromatic rings. The van der Waals surface area contributed by atoms with E-state index in [1.54, 1.807) is 23.1 Å². The van der Waals surface area contributed by atoms with Gasteiger partial charge < -0.3 is 9.80 Å². The Morgan fingerprint density at radius 3 is 2.71 bits per heavy atom. The van der Waals surface area contributed by atoms with Crippen molar-refractivity contribution in [2.24, 2.45) is 5.92 Å². The molecule has 2 amide bonds. The molecule has 6 heteroatoms. The molecule has 1 saturated heterocycles. The monoisotopic (exact) mass is 350 g/mol. The molecule has 3 rings (SSSR count). The third kappa shape index (κ3) is 3.58. The van der Waals surface area contributed by atoms with Crippen molar-refractivity contribution < 1.29 is 14.0 Å². The average Bonchev–Trinajstić information content (AvgIpc) is 3.33. The molecule has 1 aliphatic heterocycles. The smallest absolute Gasteiger partial charge is 0.233 e. The standard InChI is InChI=1S/C18H23FN2O2S/c1-12(2)20(17(23)13-7-8-13)9-10-21-16(22)11-24-18(21)14-5-3-4-6-15(14)19/h3-6,12-13,18H,7-11H2,1-2H3/t18-/m0/s1. The summed E-state index contributed by atoms with van der Waals surface area (Å²) in [4.78, 5) is 28.2. The van der Waals surface area contributed by atoms with Crippen LogP contribution < -0.4 is 0 Å². The minimum Gasteiger partial charge on any atom is -0.338 e. The summed E-state index contributed by atoms with van der Waals surface area (Å²) >= 11 is 1.45. The van der Waals surface area contributed by atoms with Crippen molar-refractivity contribution in [3.05, 3.63) is 35.6 Å². The minimum atomic E-state index is -0.302. The second kappa shape index (κ2) is 7.13. The molecule has 1 heterocycles. The van der Waals surface area contributed by atoms with Gasteiger partial charge in [0.05, 0.1) is 5.75 Å². The van der Waals surface area contributed by atoms with Gasteiger partial charge in [0, 0.05) is 30.6 Å². The fourth-order valence-corrected chi connectivity index (χ4v) is 4.27. The number of nitrogens with zero attached hydrogens (tertiary/aromatic N) is 2. The Balaban J connectivity index is 1.70. The summed E-state index contributed by atoms with van der Waals surface area (Å²) in [5.74, 6) is 0.433. The average molecular weight is 350 g/mol. The Morgan fingerprint density at radius 1 is 1.38 bits per heavy atom. The first kappa shape index (κ1) is 17.3. The highest BCUT2D eigenvalue weighted by Gasteiger charge is 2.37. The van der Waals surface area contributed by atoms with Gasteiger partial charge in [-0.25, -0.2) is 4.39 Å². The number of carbonyl (C=O) groups excluding carboxylic acids is 2. The lowest BCUT2D eigenvalue weighted by molar-refractivity contribution is -0.136. The van der Waals surface area contributed by atoms with Crippen LogP contribution in [-0.2, 0) is 9.59 Å². The molecule has 0 radical (unpaired) electrons. The van der Waals surface area contributed by atoms with Crippen LogP contribution in [0, 0.1) is 11.7 Å². The summed E-state index contributed by atoms with van der Waals surface area (Å²) in [7, 11) is 0. The van der Waals surface area contributed by atoms with Gasteiger partial charge in [-0.3, -0.25) is 9.59 Å². The van der Waals surface area contributed by atoms with Crippen LogP contribution in [0.4, 0.5) is 4.39 Å². The van der Waals surface area contributed by atoms with Crippen molar-refractivity contribution in [3.8, 4) is 0 Å². The van der Waals surface area contributed by atoms with Gasteiger partial charge in [-0.1, -0.05) is 18.2 Å². The summed E-state index contributed by atoms with van der Waals surface area (Å²) in [5, 5.41) is -0.302. The molecule has 130 valence electrons. The third-order valence-corrected chi connectivity index (χ3v) is 5.79. The van der Waals surface area contributed by atoms with Crippen LogP contribution in [0.2, 0.25) is 0 Å². The van der Waals surface area contributed by atoms with Gasteiger partial charge in [0.1, 0.15) is 11.2 Å². The normalized spacial score (nSPS) is 20.8. The van der Waals surface area contributed by atoms with E-state index in [2.05, 4.69) is 0 Å². The molecule has 0 N–H and O–H groups in total. The van der Waals surface area contributed by atoms with E-state index in [0.717, 1.165) is 12.8 Å². The molecule has 0 aromatic heterocycles. The van der Waals surface area contributed by atoms with Crippen LogP contribution in [0.3, 0.4) is 0 Å². The predicted molar refractivity (Wildman–Crippen MR) is 92.9 cm³/mol. The van der Waals surface area contributed by atoms with Crippen LogP contribution in [0.15, 0.2) is 24.3 Å². The van der Waals surface area contributed by atoms with Gasteiger partial charge in [0.25, 0.3) is 0 Å². The Kier molecular flexibility index (Phi) is 5.13. The summed E-state index contributed by atoms with van der Waals surface area (Å²) < 4.78 is 14.1. The fourth-order valence-electron chi connectivity index (χ4n) is 3.03. The van der Waals surface area contributed by atoms with Gasteiger partial charge in [-0.15, -0.1) is 11.8 Å². The number of halogens is 1. The van der Waals surface area contributed by atoms with Gasteiger partial charge in [-0.05, 0) is 32.8 Å². The number of rotatable bonds is 6. The Hall–Kier alpha value is -1.56. The highest BCUT2D eigenvalue weighted by Crippen LogP contribution is 2.39. The number of carbonyl (C=O) groups is 2. The molecular formula is C18H23FN2O2S. The first-order valence-electron chi connectivity index (χ1n) is 8.45. The van der Waals surface area contributed by atoms with Gasteiger partial charge in [-0.2, -0.15) is 0 Å². The number of thioether (sulfide) groups is 1. The highest BCUT2D eigenvalue weighted by molar-refractivity contribution is 8.00. The molecule has 1 aromatic carbocycles. The quantitative estimate of drug-likeness (QED) is 0.792. The summed E-state index contributed by atoms with van der Waals surface area (Å²) in [5.41, 5.74) is 0.540. The summed E-state index contributed by atoms with van der Waals surface area (Å²) in [6.45, 7) is 4.94. The molecule has 0 spiro atoms. The molecule has 1 aliphatic carbocycles. The molecule has 1 saturated carbocycles. The topological polar surface area (TPSA) is 40.6 Å². The van der Waals surface area contributed by atoms with Gasteiger partial charge >= 0.3 is 0 Å². The third-order valence-electron chi connectivity index (χ3n) is 4.55. The maximum Gasteiger partial charge on any atom is 0.233 e. The maximum atomic E-state index is 14.1. The van der Waals surface area contributed by atoms with Crippen molar-refractivity contribution in [3.63, 3.8) is 0 Å². The number of amides is 2. The minimum absolute atomic E-state index is 0.0100. The van der Waals surface area contributed by atoms with E-state index in [9.17, 15) is 14.0 Å². The highest BCUT2D eigenvalue weighted by atomic mass is 32.2. The van der Waals surface area contributed by atoms with Crippen LogP contribution >= 0.6 is 11.8 Å². The maximum absolute atomic E-state index is 14.1. The number of benzene rings is 1. The molecule has 0 unspecified atom stereocenters. The van der Waals surface area contributed by atoms with Crippen molar-refractivity contribution in [1.29, 1.82) is 0 Å². The SMILES string of the molecule is CC(C)N(CCN1C(=O)CS[C@H]1c1ccccc1F)C(=O)C1CC1. The van der Waals surface area contributed by atoms with E-state index in [4.69, 9.17) is 0 Å². The van der Waals surface area contributed by atoms with Crippen molar-refractivity contribution in [2.45, 2.75) is 38.1 Å². The lowest BCUT2D eigenvalue weighted by Crippen LogP contribution is -2.44. The first-order chi connectivity index (χ1) is 11.5. The second-order valence-corrected chi connectivity index (χ2v) is 7.74. The van der Waals surface area contributed by atoms with E-state index in [0.29, 0.717) is 24.4 Å².